The highest BCUT2D eigenvalue weighted by Gasteiger charge is 2.21. The van der Waals surface area contributed by atoms with E-state index in [2.05, 4.69) is 5.32 Å². The fraction of sp³-hybridized carbons (Fsp3) is 0.238. The van der Waals surface area contributed by atoms with Crippen molar-refractivity contribution in [2.75, 3.05) is 13.2 Å². The topological polar surface area (TPSA) is 74.5 Å². The fourth-order valence-corrected chi connectivity index (χ4v) is 3.59. The Morgan fingerprint density at radius 1 is 1.21 bits per heavy atom. The van der Waals surface area contributed by atoms with Gasteiger partial charge in [-0.1, -0.05) is 42.0 Å². The number of nitrogens with zero attached hydrogens (tertiary/aromatic N) is 1. The predicted octanol–water partition coefficient (Wildman–Crippen LogP) is 2.98. The standard InChI is InChI=1S/C21H21FN2O3S/c1-12-3-5-14(6-4-12)21(28)24-13(2)15(10-20(27)23-7-8-25)16-9-19(26)17(22)11-18(16)24/h3-6,9,11,25-26H,7-8,10H2,1-2H3,(H,23,27). The molecule has 7 heteroatoms. The lowest BCUT2D eigenvalue weighted by Crippen LogP contribution is -2.28. The number of hydrogen-bond acceptors (Lipinski definition) is 4. The molecule has 0 spiro atoms. The average molecular weight is 400 g/mol. The lowest BCUT2D eigenvalue weighted by molar-refractivity contribution is -0.120. The van der Waals surface area contributed by atoms with Gasteiger partial charge in [0.1, 0.15) is 4.99 Å². The maximum Gasteiger partial charge on any atom is 0.224 e. The number of aryl methyl sites for hydroxylation is 1. The Morgan fingerprint density at radius 3 is 2.54 bits per heavy atom. The number of hydrogen-bond donors (Lipinski definition) is 3. The summed E-state index contributed by atoms with van der Waals surface area (Å²) in [7, 11) is 0. The molecule has 0 aliphatic rings. The highest BCUT2D eigenvalue weighted by atomic mass is 32.1. The molecular weight excluding hydrogens is 379 g/mol. The highest BCUT2D eigenvalue weighted by molar-refractivity contribution is 7.80. The summed E-state index contributed by atoms with van der Waals surface area (Å²) in [6.45, 7) is 3.78. The van der Waals surface area contributed by atoms with Crippen LogP contribution in [0.5, 0.6) is 5.75 Å². The van der Waals surface area contributed by atoms with Crippen molar-refractivity contribution in [3.8, 4) is 5.75 Å². The van der Waals surface area contributed by atoms with E-state index in [9.17, 15) is 14.3 Å². The van der Waals surface area contributed by atoms with Gasteiger partial charge >= 0.3 is 0 Å². The van der Waals surface area contributed by atoms with Crippen LogP contribution in [0.25, 0.3) is 10.9 Å². The minimum atomic E-state index is -0.755. The molecule has 0 fully saturated rings. The number of phenolic OH excluding ortho intramolecular Hbond substituents is 1. The zero-order chi connectivity index (χ0) is 20.4. The van der Waals surface area contributed by atoms with Gasteiger partial charge in [-0.3, -0.25) is 4.79 Å². The normalized spacial score (nSPS) is 11.0. The van der Waals surface area contributed by atoms with Gasteiger partial charge in [-0.2, -0.15) is 0 Å². The van der Waals surface area contributed by atoms with E-state index in [0.717, 1.165) is 11.1 Å². The molecule has 0 saturated carbocycles. The van der Waals surface area contributed by atoms with Crippen LogP contribution in [0.2, 0.25) is 0 Å². The van der Waals surface area contributed by atoms with Crippen LogP contribution in [0.15, 0.2) is 36.4 Å². The van der Waals surface area contributed by atoms with E-state index in [0.29, 0.717) is 27.1 Å². The second-order valence-corrected chi connectivity index (χ2v) is 7.03. The molecule has 5 nitrogen and oxygen atoms in total. The van der Waals surface area contributed by atoms with Gasteiger partial charge < -0.3 is 20.1 Å². The van der Waals surface area contributed by atoms with Crippen LogP contribution in [0.3, 0.4) is 0 Å². The van der Waals surface area contributed by atoms with E-state index in [-0.39, 0.29) is 25.5 Å². The molecule has 1 aromatic heterocycles. The number of amides is 1. The molecule has 28 heavy (non-hydrogen) atoms. The number of thiocarbonyl (C=S) groups is 1. The van der Waals surface area contributed by atoms with E-state index in [1.54, 1.807) is 4.57 Å². The van der Waals surface area contributed by atoms with E-state index in [1.807, 2.05) is 38.1 Å². The van der Waals surface area contributed by atoms with Crippen molar-refractivity contribution in [2.24, 2.45) is 0 Å². The van der Waals surface area contributed by atoms with Gasteiger partial charge in [-0.05, 0) is 25.5 Å². The number of aromatic hydroxyl groups is 1. The maximum atomic E-state index is 14.1. The summed E-state index contributed by atoms with van der Waals surface area (Å²) < 4.78 is 15.8. The summed E-state index contributed by atoms with van der Waals surface area (Å²) in [6, 6.07) is 10.2. The zero-order valence-electron chi connectivity index (χ0n) is 15.6. The number of carbonyl (C=O) groups is 1. The first-order valence-electron chi connectivity index (χ1n) is 8.84. The molecular formula is C21H21FN2O3S. The Kier molecular flexibility index (Phi) is 5.76. The first-order chi connectivity index (χ1) is 13.3. The van der Waals surface area contributed by atoms with Crippen LogP contribution in [0.4, 0.5) is 4.39 Å². The third-order valence-electron chi connectivity index (χ3n) is 4.68. The Bertz CT molecular complexity index is 1060. The summed E-state index contributed by atoms with van der Waals surface area (Å²) in [5.74, 6) is -1.52. The number of benzene rings is 2. The van der Waals surface area contributed by atoms with E-state index in [1.165, 1.54) is 12.1 Å². The Labute approximate surface area is 167 Å². The molecule has 3 N–H and O–H groups in total. The Hall–Kier alpha value is -2.77. The first kappa shape index (κ1) is 20.0. The van der Waals surface area contributed by atoms with Crippen LogP contribution in [0.1, 0.15) is 22.4 Å². The number of aromatic nitrogens is 1. The second kappa shape index (κ2) is 8.08. The van der Waals surface area contributed by atoms with Gasteiger partial charge in [0.25, 0.3) is 0 Å². The molecule has 0 saturated heterocycles. The molecule has 2 aromatic carbocycles. The van der Waals surface area contributed by atoms with Crippen molar-refractivity contribution in [3.05, 3.63) is 64.6 Å². The molecule has 1 amide bonds. The molecule has 146 valence electrons. The van der Waals surface area contributed by atoms with Crippen LogP contribution in [0, 0.1) is 19.7 Å². The number of rotatable bonds is 5. The molecule has 3 aromatic rings. The monoisotopic (exact) mass is 400 g/mol. The molecule has 3 rings (SSSR count). The summed E-state index contributed by atoms with van der Waals surface area (Å²) in [6.07, 6.45) is 0.0247. The molecule has 0 aliphatic carbocycles. The van der Waals surface area contributed by atoms with Crippen molar-refractivity contribution in [2.45, 2.75) is 20.3 Å². The van der Waals surface area contributed by atoms with E-state index in [4.69, 9.17) is 17.3 Å². The van der Waals surface area contributed by atoms with Gasteiger partial charge in [0.2, 0.25) is 5.91 Å². The molecule has 0 unspecified atom stereocenters. The summed E-state index contributed by atoms with van der Waals surface area (Å²) in [5, 5.41) is 21.9. The number of carbonyl (C=O) groups excluding carboxylic acids is 1. The molecule has 0 aliphatic heterocycles. The van der Waals surface area contributed by atoms with E-state index < -0.39 is 11.6 Å². The summed E-state index contributed by atoms with van der Waals surface area (Å²) >= 11 is 5.66. The predicted molar refractivity (Wildman–Crippen MR) is 110 cm³/mol. The largest absolute Gasteiger partial charge is 0.505 e. The first-order valence-corrected chi connectivity index (χ1v) is 9.25. The van der Waals surface area contributed by atoms with Crippen LogP contribution in [-0.4, -0.2) is 38.8 Å². The number of aliphatic hydroxyl groups excluding tert-OH is 1. The van der Waals surface area contributed by atoms with Crippen molar-refractivity contribution in [3.63, 3.8) is 0 Å². The molecule has 0 atom stereocenters. The minimum Gasteiger partial charge on any atom is -0.505 e. The van der Waals surface area contributed by atoms with Crippen molar-refractivity contribution < 1.29 is 19.4 Å². The lowest BCUT2D eigenvalue weighted by atomic mass is 10.1. The lowest BCUT2D eigenvalue weighted by Gasteiger charge is -2.11. The highest BCUT2D eigenvalue weighted by Crippen LogP contribution is 2.32. The SMILES string of the molecule is Cc1ccc(C(=S)n2c(C)c(CC(=O)NCCO)c3cc(O)c(F)cc32)cc1. The average Bonchev–Trinajstić information content (AvgIpc) is 2.91. The van der Waals surface area contributed by atoms with Gasteiger partial charge in [0.15, 0.2) is 11.6 Å². The maximum absolute atomic E-state index is 14.1. The van der Waals surface area contributed by atoms with Crippen LogP contribution >= 0.6 is 12.2 Å². The smallest absolute Gasteiger partial charge is 0.224 e. The van der Waals surface area contributed by atoms with Gasteiger partial charge in [0, 0.05) is 29.3 Å². The third kappa shape index (κ3) is 3.76. The number of aliphatic hydroxyl groups is 1. The number of halogens is 1. The molecule has 0 radical (unpaired) electrons. The Balaban J connectivity index is 2.15. The van der Waals surface area contributed by atoms with Crippen molar-refractivity contribution >= 4 is 34.0 Å². The van der Waals surface area contributed by atoms with Crippen LogP contribution < -0.4 is 5.32 Å². The zero-order valence-corrected chi connectivity index (χ0v) is 16.4. The summed E-state index contributed by atoms with van der Waals surface area (Å²) in [5.41, 5.74) is 3.73. The van der Waals surface area contributed by atoms with Crippen molar-refractivity contribution in [1.29, 1.82) is 0 Å². The third-order valence-corrected chi connectivity index (χ3v) is 5.09. The Morgan fingerprint density at radius 2 is 1.89 bits per heavy atom. The van der Waals surface area contributed by atoms with Gasteiger partial charge in [-0.25, -0.2) is 4.39 Å². The number of nitrogens with one attached hydrogen (secondary N) is 1. The van der Waals surface area contributed by atoms with Crippen LogP contribution in [-0.2, 0) is 11.2 Å². The van der Waals surface area contributed by atoms with E-state index >= 15 is 0 Å². The molecule has 0 bridgehead atoms. The van der Waals surface area contributed by atoms with Gasteiger partial charge in [-0.15, -0.1) is 0 Å². The number of phenols is 1. The molecule has 1 heterocycles. The fourth-order valence-electron chi connectivity index (χ4n) is 3.22. The van der Waals surface area contributed by atoms with Crippen molar-refractivity contribution in [1.82, 2.24) is 9.88 Å². The van der Waals surface area contributed by atoms with Gasteiger partial charge in [0.05, 0.1) is 18.5 Å². The minimum absolute atomic E-state index is 0.0247. The quantitative estimate of drug-likeness (QED) is 0.576. The summed E-state index contributed by atoms with van der Waals surface area (Å²) in [4.78, 5) is 12.7. The number of fused-ring (bicyclic) bond motifs is 1. The second-order valence-electron chi connectivity index (χ2n) is 6.64.